The molecule has 0 fully saturated rings. The van der Waals surface area contributed by atoms with E-state index in [1.165, 1.54) is 11.9 Å². The van der Waals surface area contributed by atoms with Crippen molar-refractivity contribution in [2.75, 3.05) is 37.0 Å². The summed E-state index contributed by atoms with van der Waals surface area (Å²) in [5, 5.41) is 5.08. The van der Waals surface area contributed by atoms with E-state index in [4.69, 9.17) is 9.47 Å². The van der Waals surface area contributed by atoms with Gasteiger partial charge in [0.15, 0.2) is 13.2 Å². The molecule has 30 heavy (non-hydrogen) atoms. The van der Waals surface area contributed by atoms with E-state index in [2.05, 4.69) is 10.6 Å². The van der Waals surface area contributed by atoms with E-state index in [0.29, 0.717) is 22.7 Å². The van der Waals surface area contributed by atoms with Gasteiger partial charge in [0.05, 0.1) is 12.1 Å². The zero-order valence-corrected chi connectivity index (χ0v) is 16.3. The molecule has 0 saturated carbocycles. The molecule has 0 unspecified atom stereocenters. The number of esters is 1. The molecule has 0 saturated heterocycles. The van der Waals surface area contributed by atoms with Crippen molar-refractivity contribution in [1.82, 2.24) is 5.32 Å². The maximum Gasteiger partial charge on any atom is 0.308 e. The Morgan fingerprint density at radius 3 is 2.57 bits per heavy atom. The smallest absolute Gasteiger partial charge is 0.308 e. The molecule has 1 aliphatic heterocycles. The quantitative estimate of drug-likeness (QED) is 0.665. The van der Waals surface area contributed by atoms with Crippen molar-refractivity contribution in [2.24, 2.45) is 0 Å². The summed E-state index contributed by atoms with van der Waals surface area (Å²) in [6.45, 7) is -0.419. The van der Waals surface area contributed by atoms with Crippen LogP contribution in [0.25, 0.3) is 0 Å². The summed E-state index contributed by atoms with van der Waals surface area (Å²) in [7, 11) is 1.53. The number of nitrogens with one attached hydrogen (secondary N) is 2. The Labute approximate surface area is 172 Å². The van der Waals surface area contributed by atoms with E-state index in [1.807, 2.05) is 0 Å². The van der Waals surface area contributed by atoms with E-state index < -0.39 is 18.5 Å². The van der Waals surface area contributed by atoms with Gasteiger partial charge in [-0.2, -0.15) is 0 Å². The second kappa shape index (κ2) is 9.55. The van der Waals surface area contributed by atoms with Gasteiger partial charge >= 0.3 is 5.97 Å². The standard InChI is InChI=1S/C21H21N3O6/c1-22-21(28)14-6-8-15(9-7-14)23-18(25)12-30-20(27)10-11-24-16-4-2-3-5-17(16)29-13-19(24)26/h2-9H,10-13H2,1H3,(H,22,28)(H,23,25). The monoisotopic (exact) mass is 411 g/mol. The Morgan fingerprint density at radius 1 is 1.10 bits per heavy atom. The molecule has 0 bridgehead atoms. The Bertz CT molecular complexity index is 957. The largest absolute Gasteiger partial charge is 0.482 e. The second-order valence-corrected chi connectivity index (χ2v) is 6.42. The molecule has 9 nitrogen and oxygen atoms in total. The number of nitrogens with zero attached hydrogens (tertiary/aromatic N) is 1. The van der Waals surface area contributed by atoms with Crippen molar-refractivity contribution in [3.63, 3.8) is 0 Å². The number of para-hydroxylation sites is 2. The van der Waals surface area contributed by atoms with Gasteiger partial charge in [0, 0.05) is 24.8 Å². The number of anilines is 2. The molecule has 0 aromatic heterocycles. The molecule has 3 rings (SSSR count). The van der Waals surface area contributed by atoms with Gasteiger partial charge in [0.25, 0.3) is 17.7 Å². The summed E-state index contributed by atoms with van der Waals surface area (Å²) >= 11 is 0. The molecule has 1 heterocycles. The van der Waals surface area contributed by atoms with Gasteiger partial charge in [-0.25, -0.2) is 0 Å². The molecule has 0 aliphatic carbocycles. The van der Waals surface area contributed by atoms with Crippen molar-refractivity contribution in [2.45, 2.75) is 6.42 Å². The third kappa shape index (κ3) is 5.13. The first kappa shape index (κ1) is 20.8. The zero-order chi connectivity index (χ0) is 21.5. The van der Waals surface area contributed by atoms with E-state index in [0.717, 1.165) is 0 Å². The van der Waals surface area contributed by atoms with Crippen molar-refractivity contribution < 1.29 is 28.7 Å². The minimum Gasteiger partial charge on any atom is -0.482 e. The van der Waals surface area contributed by atoms with Gasteiger partial charge in [-0.1, -0.05) is 12.1 Å². The lowest BCUT2D eigenvalue weighted by atomic mass is 10.2. The van der Waals surface area contributed by atoms with Gasteiger partial charge in [0.2, 0.25) is 0 Å². The predicted octanol–water partition coefficient (Wildman–Crippen LogP) is 1.34. The highest BCUT2D eigenvalue weighted by Crippen LogP contribution is 2.31. The molecule has 2 aromatic rings. The van der Waals surface area contributed by atoms with E-state index in [9.17, 15) is 19.2 Å². The lowest BCUT2D eigenvalue weighted by molar-refractivity contribution is -0.147. The second-order valence-electron chi connectivity index (χ2n) is 6.42. The van der Waals surface area contributed by atoms with Crippen molar-refractivity contribution in [1.29, 1.82) is 0 Å². The molecular weight excluding hydrogens is 390 g/mol. The van der Waals surface area contributed by atoms with E-state index >= 15 is 0 Å². The Hall–Kier alpha value is -3.88. The highest BCUT2D eigenvalue weighted by molar-refractivity contribution is 5.98. The van der Waals surface area contributed by atoms with Gasteiger partial charge < -0.3 is 25.0 Å². The molecule has 0 spiro atoms. The van der Waals surface area contributed by atoms with E-state index in [-0.39, 0.29) is 31.4 Å². The van der Waals surface area contributed by atoms with Crippen LogP contribution in [0.1, 0.15) is 16.8 Å². The van der Waals surface area contributed by atoms with Crippen LogP contribution in [-0.4, -0.2) is 50.5 Å². The Morgan fingerprint density at radius 2 is 1.83 bits per heavy atom. The normalized spacial score (nSPS) is 12.4. The van der Waals surface area contributed by atoms with Crippen LogP contribution in [0.4, 0.5) is 11.4 Å². The number of amides is 3. The minimum atomic E-state index is -0.600. The maximum absolute atomic E-state index is 12.1. The Kier molecular flexibility index (Phi) is 6.63. The van der Waals surface area contributed by atoms with Gasteiger partial charge in [-0.05, 0) is 36.4 Å². The summed E-state index contributed by atoms with van der Waals surface area (Å²) in [6.07, 6.45) is -0.0613. The minimum absolute atomic E-state index is 0.0613. The van der Waals surface area contributed by atoms with Crippen LogP contribution in [0.2, 0.25) is 0 Å². The number of carbonyl (C=O) groups is 4. The van der Waals surface area contributed by atoms with Crippen LogP contribution in [0, 0.1) is 0 Å². The summed E-state index contributed by atoms with van der Waals surface area (Å²) in [6, 6.07) is 13.3. The lowest BCUT2D eigenvalue weighted by Crippen LogP contribution is -2.40. The number of benzene rings is 2. The first-order chi connectivity index (χ1) is 14.5. The summed E-state index contributed by atoms with van der Waals surface area (Å²) < 4.78 is 10.3. The van der Waals surface area contributed by atoms with Crippen LogP contribution in [0.3, 0.4) is 0 Å². The van der Waals surface area contributed by atoms with Crippen LogP contribution >= 0.6 is 0 Å². The summed E-state index contributed by atoms with van der Waals surface area (Å²) in [4.78, 5) is 49.0. The molecule has 1 aliphatic rings. The zero-order valence-electron chi connectivity index (χ0n) is 16.3. The number of fused-ring (bicyclic) bond motifs is 1. The average Bonchev–Trinajstić information content (AvgIpc) is 2.77. The fraction of sp³-hybridized carbons (Fsp3) is 0.238. The lowest BCUT2D eigenvalue weighted by Gasteiger charge is -2.28. The van der Waals surface area contributed by atoms with Crippen molar-refractivity contribution in [3.05, 3.63) is 54.1 Å². The number of carbonyl (C=O) groups excluding carboxylic acids is 4. The first-order valence-electron chi connectivity index (χ1n) is 9.27. The average molecular weight is 411 g/mol. The predicted molar refractivity (Wildman–Crippen MR) is 108 cm³/mol. The summed E-state index contributed by atoms with van der Waals surface area (Å²) in [5.74, 6) is -1.02. The van der Waals surface area contributed by atoms with Gasteiger partial charge in [-0.3, -0.25) is 19.2 Å². The van der Waals surface area contributed by atoms with Gasteiger partial charge in [-0.15, -0.1) is 0 Å². The molecule has 2 aromatic carbocycles. The highest BCUT2D eigenvalue weighted by atomic mass is 16.5. The van der Waals surface area contributed by atoms with Crippen LogP contribution in [0.15, 0.2) is 48.5 Å². The number of hydrogen-bond donors (Lipinski definition) is 2. The molecule has 9 heteroatoms. The fourth-order valence-corrected chi connectivity index (χ4v) is 2.87. The number of rotatable bonds is 7. The first-order valence-corrected chi connectivity index (χ1v) is 9.27. The molecule has 0 atom stereocenters. The molecule has 3 amide bonds. The van der Waals surface area contributed by atoms with Crippen molar-refractivity contribution in [3.8, 4) is 5.75 Å². The Balaban J connectivity index is 1.45. The van der Waals surface area contributed by atoms with Crippen LogP contribution < -0.4 is 20.3 Å². The molecule has 156 valence electrons. The number of ether oxygens (including phenoxy) is 2. The van der Waals surface area contributed by atoms with Crippen LogP contribution in [0.5, 0.6) is 5.75 Å². The third-order valence-corrected chi connectivity index (χ3v) is 4.37. The molecule has 2 N–H and O–H groups in total. The van der Waals surface area contributed by atoms with Crippen LogP contribution in [-0.2, 0) is 19.1 Å². The summed E-state index contributed by atoms with van der Waals surface area (Å²) in [5.41, 5.74) is 1.53. The number of hydrogen-bond acceptors (Lipinski definition) is 6. The van der Waals surface area contributed by atoms with E-state index in [1.54, 1.807) is 48.5 Å². The third-order valence-electron chi connectivity index (χ3n) is 4.37. The topological polar surface area (TPSA) is 114 Å². The molecular formula is C21H21N3O6. The van der Waals surface area contributed by atoms with Gasteiger partial charge in [0.1, 0.15) is 5.75 Å². The fourth-order valence-electron chi connectivity index (χ4n) is 2.87. The highest BCUT2D eigenvalue weighted by Gasteiger charge is 2.25. The van der Waals surface area contributed by atoms with Crippen molar-refractivity contribution >= 4 is 35.1 Å². The SMILES string of the molecule is CNC(=O)c1ccc(NC(=O)COC(=O)CCN2C(=O)COc3ccccc32)cc1. The maximum atomic E-state index is 12.1. The molecule has 0 radical (unpaired) electrons.